The summed E-state index contributed by atoms with van der Waals surface area (Å²) in [6, 6.07) is 19.8. The van der Waals surface area contributed by atoms with Crippen molar-refractivity contribution in [1.82, 2.24) is 4.98 Å². The molecule has 2 saturated heterocycles. The van der Waals surface area contributed by atoms with Crippen LogP contribution in [0.4, 0.5) is 4.39 Å². The first-order chi connectivity index (χ1) is 19.7. The van der Waals surface area contributed by atoms with Gasteiger partial charge in [-0.3, -0.25) is 0 Å². The van der Waals surface area contributed by atoms with Gasteiger partial charge in [0.15, 0.2) is 12.1 Å². The van der Waals surface area contributed by atoms with Crippen molar-refractivity contribution < 1.29 is 36.5 Å². The number of halogens is 1. The molecule has 2 aliphatic rings. The predicted octanol–water partition coefficient (Wildman–Crippen LogP) is 4.61. The maximum Gasteiger partial charge on any atom is 0.238 e. The van der Waals surface area contributed by atoms with Crippen LogP contribution in [0.5, 0.6) is 5.75 Å². The van der Waals surface area contributed by atoms with Gasteiger partial charge in [0.25, 0.3) is 0 Å². The molecule has 0 unspecified atom stereocenters. The Labute approximate surface area is 236 Å². The smallest absolute Gasteiger partial charge is 0.238 e. The number of hydrogen-bond acceptors (Lipinski definition) is 8. The highest BCUT2D eigenvalue weighted by atomic mass is 32.2. The van der Waals surface area contributed by atoms with E-state index >= 15 is 0 Å². The lowest BCUT2D eigenvalue weighted by Crippen LogP contribution is -2.39. The van der Waals surface area contributed by atoms with Crippen LogP contribution in [0.15, 0.2) is 88.2 Å². The molecule has 9 nitrogen and oxygen atoms in total. The number of hydrogen-bond donors (Lipinski definition) is 2. The van der Waals surface area contributed by atoms with Crippen LogP contribution < -0.4 is 9.88 Å². The third-order valence-electron chi connectivity index (χ3n) is 7.03. The summed E-state index contributed by atoms with van der Waals surface area (Å²) in [5.74, 6) is 0.578. The Kier molecular flexibility index (Phi) is 7.22. The zero-order valence-electron chi connectivity index (χ0n) is 21.8. The number of aromatic nitrogens is 1. The summed E-state index contributed by atoms with van der Waals surface area (Å²) in [5.41, 5.74) is 1.66. The van der Waals surface area contributed by atoms with Crippen molar-refractivity contribution >= 4 is 16.1 Å². The molecule has 0 amide bonds. The quantitative estimate of drug-likeness (QED) is 0.310. The van der Waals surface area contributed by atoms with E-state index in [0.29, 0.717) is 47.1 Å². The second kappa shape index (κ2) is 10.8. The highest BCUT2D eigenvalue weighted by molar-refractivity contribution is 7.89. The van der Waals surface area contributed by atoms with Crippen molar-refractivity contribution in [3.05, 3.63) is 96.1 Å². The number of fused-ring (bicyclic) bond motifs is 2. The molecule has 3 atom stereocenters. The Morgan fingerprint density at radius 2 is 1.88 bits per heavy atom. The molecule has 212 valence electrons. The standard InChI is InChI=1S/C30H27FN2O7S/c31-22-13-21(30-17-23(34)16-27(40-30)38-18-30)14-24(15-22)37-12-4-7-26-33-28(19-5-2-1-3-6-19)29(39-26)20-8-10-25(11-9-20)41(32,35)36/h1-11,13-15,23,27,34H,12,16-18H2,(H2,32,35,36)/b7-4+/t23-,27-,30-/m1/s1. The third kappa shape index (κ3) is 5.81. The van der Waals surface area contributed by atoms with E-state index in [1.54, 1.807) is 30.4 Å². The molecule has 11 heteroatoms. The normalized spacial score (nSPS) is 22.3. The molecule has 6 rings (SSSR count). The van der Waals surface area contributed by atoms with E-state index in [4.69, 9.17) is 23.8 Å². The minimum Gasteiger partial charge on any atom is -0.489 e. The molecule has 4 aromatic rings. The molecule has 2 fully saturated rings. The van der Waals surface area contributed by atoms with Crippen LogP contribution in [0.25, 0.3) is 28.7 Å². The third-order valence-corrected chi connectivity index (χ3v) is 7.96. The van der Waals surface area contributed by atoms with E-state index in [1.165, 1.54) is 24.3 Å². The minimum absolute atomic E-state index is 0.00842. The fourth-order valence-corrected chi connectivity index (χ4v) is 5.63. The van der Waals surface area contributed by atoms with Crippen molar-refractivity contribution in [2.24, 2.45) is 5.14 Å². The highest BCUT2D eigenvalue weighted by Crippen LogP contribution is 2.44. The summed E-state index contributed by atoms with van der Waals surface area (Å²) in [4.78, 5) is 4.62. The Hall–Kier alpha value is -3.87. The Morgan fingerprint density at radius 3 is 2.63 bits per heavy atom. The number of nitrogens with two attached hydrogens (primary N) is 1. The number of sulfonamides is 1. The topological polar surface area (TPSA) is 134 Å². The van der Waals surface area contributed by atoms with Gasteiger partial charge in [-0.25, -0.2) is 22.9 Å². The van der Waals surface area contributed by atoms with Gasteiger partial charge in [0.1, 0.15) is 29.5 Å². The summed E-state index contributed by atoms with van der Waals surface area (Å²) in [6.45, 7) is 0.332. The molecule has 41 heavy (non-hydrogen) atoms. The predicted molar refractivity (Wildman–Crippen MR) is 147 cm³/mol. The first-order valence-electron chi connectivity index (χ1n) is 13.0. The van der Waals surface area contributed by atoms with E-state index in [1.807, 2.05) is 30.3 Å². The summed E-state index contributed by atoms with van der Waals surface area (Å²) in [6.07, 6.45) is 2.93. The second-order valence-electron chi connectivity index (χ2n) is 10.0. The molecule has 1 aromatic heterocycles. The highest BCUT2D eigenvalue weighted by Gasteiger charge is 2.49. The van der Waals surface area contributed by atoms with Crippen LogP contribution in [0.1, 0.15) is 24.3 Å². The largest absolute Gasteiger partial charge is 0.489 e. The number of benzene rings is 3. The van der Waals surface area contributed by atoms with Gasteiger partial charge in [-0.1, -0.05) is 30.3 Å². The van der Waals surface area contributed by atoms with Gasteiger partial charge in [0, 0.05) is 36.1 Å². The van der Waals surface area contributed by atoms with Crippen LogP contribution in [0.3, 0.4) is 0 Å². The van der Waals surface area contributed by atoms with Crippen molar-refractivity contribution in [2.75, 3.05) is 13.2 Å². The zero-order chi connectivity index (χ0) is 28.6. The molecule has 0 aliphatic carbocycles. The lowest BCUT2D eigenvalue weighted by atomic mass is 9.86. The maximum absolute atomic E-state index is 14.5. The van der Waals surface area contributed by atoms with Crippen molar-refractivity contribution in [1.29, 1.82) is 0 Å². The van der Waals surface area contributed by atoms with Gasteiger partial charge >= 0.3 is 0 Å². The number of nitrogens with zero attached hydrogens (tertiary/aromatic N) is 1. The lowest BCUT2D eigenvalue weighted by molar-refractivity contribution is -0.156. The minimum atomic E-state index is -3.83. The lowest BCUT2D eigenvalue weighted by Gasteiger charge is -2.34. The molecular weight excluding hydrogens is 551 g/mol. The average Bonchev–Trinajstić information content (AvgIpc) is 3.52. The fraction of sp³-hybridized carbons (Fsp3) is 0.233. The number of aliphatic hydroxyl groups is 1. The first kappa shape index (κ1) is 27.3. The molecule has 2 bridgehead atoms. The van der Waals surface area contributed by atoms with E-state index in [9.17, 15) is 17.9 Å². The van der Waals surface area contributed by atoms with Crippen molar-refractivity contribution in [2.45, 2.75) is 35.7 Å². The summed E-state index contributed by atoms with van der Waals surface area (Å²) < 4.78 is 61.3. The molecule has 0 saturated carbocycles. The molecule has 3 aromatic carbocycles. The van der Waals surface area contributed by atoms with Crippen molar-refractivity contribution in [3.8, 4) is 28.3 Å². The molecular formula is C30H27FN2O7S. The van der Waals surface area contributed by atoms with Crippen LogP contribution >= 0.6 is 0 Å². The zero-order valence-corrected chi connectivity index (χ0v) is 22.6. The Morgan fingerprint density at radius 1 is 1.10 bits per heavy atom. The number of rotatable bonds is 8. The Balaban J connectivity index is 1.21. The number of primary sulfonamides is 1. The van der Waals surface area contributed by atoms with Gasteiger partial charge in [0.05, 0.1) is 17.6 Å². The van der Waals surface area contributed by atoms with Crippen LogP contribution in [-0.2, 0) is 25.1 Å². The summed E-state index contributed by atoms with van der Waals surface area (Å²) >= 11 is 0. The van der Waals surface area contributed by atoms with Gasteiger partial charge in [-0.05, 0) is 48.0 Å². The van der Waals surface area contributed by atoms with Gasteiger partial charge in [-0.2, -0.15) is 0 Å². The molecule has 3 heterocycles. The first-order valence-corrected chi connectivity index (χ1v) is 14.5. The van der Waals surface area contributed by atoms with Crippen molar-refractivity contribution in [3.63, 3.8) is 0 Å². The van der Waals surface area contributed by atoms with Crippen LogP contribution in [-0.4, -0.2) is 44.1 Å². The van der Waals surface area contributed by atoms with E-state index in [2.05, 4.69) is 4.98 Å². The summed E-state index contributed by atoms with van der Waals surface area (Å²) in [5, 5.41) is 15.4. The van der Waals surface area contributed by atoms with Gasteiger partial charge in [-0.15, -0.1) is 0 Å². The van der Waals surface area contributed by atoms with E-state index in [-0.39, 0.29) is 18.1 Å². The Bertz CT molecular complexity index is 1690. The average molecular weight is 579 g/mol. The maximum atomic E-state index is 14.5. The van der Waals surface area contributed by atoms with E-state index < -0.39 is 33.8 Å². The SMILES string of the molecule is NS(=O)(=O)c1ccc(-c2oc(/C=C/COc3cc(F)cc([C@]45CO[C@@H](C[C@@H](O)C4)O5)c3)nc2-c2ccccc2)cc1. The second-order valence-corrected chi connectivity index (χ2v) is 11.6. The van der Waals surface area contributed by atoms with Crippen LogP contribution in [0, 0.1) is 5.82 Å². The van der Waals surface area contributed by atoms with E-state index in [0.717, 1.165) is 5.56 Å². The molecule has 3 N–H and O–H groups in total. The fourth-order valence-electron chi connectivity index (χ4n) is 5.12. The van der Waals surface area contributed by atoms with Gasteiger partial charge < -0.3 is 23.7 Å². The molecule has 2 aliphatic heterocycles. The number of oxazole rings is 1. The summed E-state index contributed by atoms with van der Waals surface area (Å²) in [7, 11) is -3.83. The number of aliphatic hydroxyl groups excluding tert-OH is 1. The molecule has 0 spiro atoms. The monoisotopic (exact) mass is 578 g/mol. The van der Waals surface area contributed by atoms with Crippen LogP contribution in [0.2, 0.25) is 0 Å². The van der Waals surface area contributed by atoms with Gasteiger partial charge in [0.2, 0.25) is 15.9 Å². The number of ether oxygens (including phenoxy) is 3. The molecule has 0 radical (unpaired) electrons.